The zero-order valence-electron chi connectivity index (χ0n) is 14.7. The van der Waals surface area contributed by atoms with Crippen LogP contribution in [0.3, 0.4) is 0 Å². The van der Waals surface area contributed by atoms with Crippen LogP contribution in [0.4, 0.5) is 0 Å². The van der Waals surface area contributed by atoms with E-state index in [1.165, 1.54) is 17.5 Å². The topological polar surface area (TPSA) is 41.8 Å². The van der Waals surface area contributed by atoms with E-state index in [-0.39, 0.29) is 5.41 Å². The van der Waals surface area contributed by atoms with E-state index in [9.17, 15) is 0 Å². The summed E-state index contributed by atoms with van der Waals surface area (Å²) >= 11 is 0. The Morgan fingerprint density at radius 2 is 2.29 bits per heavy atom. The van der Waals surface area contributed by atoms with Crippen molar-refractivity contribution < 1.29 is 9.94 Å². The van der Waals surface area contributed by atoms with Crippen LogP contribution in [0, 0.1) is 29.6 Å². The molecular formula is C21H27NO2. The van der Waals surface area contributed by atoms with Gasteiger partial charge >= 0.3 is 0 Å². The quantitative estimate of drug-likeness (QED) is 0.379. The minimum absolute atomic E-state index is 0.0119. The Hall–Kier alpha value is -1.95. The molecule has 1 saturated carbocycles. The summed E-state index contributed by atoms with van der Waals surface area (Å²) in [6.45, 7) is 4.84. The highest BCUT2D eigenvalue weighted by Gasteiger charge is 2.46. The molecule has 0 bridgehead atoms. The number of hydrogen-bond donors (Lipinski definition) is 1. The van der Waals surface area contributed by atoms with Crippen LogP contribution in [0.1, 0.15) is 56.6 Å². The van der Waals surface area contributed by atoms with Crippen molar-refractivity contribution in [3.05, 3.63) is 29.3 Å². The molecule has 1 aromatic carbocycles. The van der Waals surface area contributed by atoms with E-state index < -0.39 is 0 Å². The van der Waals surface area contributed by atoms with E-state index in [4.69, 9.17) is 16.4 Å². The molecule has 128 valence electrons. The van der Waals surface area contributed by atoms with Crippen LogP contribution in [-0.2, 0) is 6.42 Å². The molecule has 0 amide bonds. The monoisotopic (exact) mass is 325 g/mol. The Morgan fingerprint density at radius 1 is 1.46 bits per heavy atom. The van der Waals surface area contributed by atoms with Gasteiger partial charge < -0.3 is 9.94 Å². The van der Waals surface area contributed by atoms with Crippen molar-refractivity contribution >= 4 is 6.21 Å². The maximum Gasteiger partial charge on any atom is 0.148 e. The highest BCUT2D eigenvalue weighted by Crippen LogP contribution is 2.55. The van der Waals surface area contributed by atoms with Crippen molar-refractivity contribution in [3.63, 3.8) is 0 Å². The molecule has 3 nitrogen and oxygen atoms in total. The Kier molecular flexibility index (Phi) is 4.85. The Balaban J connectivity index is 1.88. The molecule has 1 fully saturated rings. The lowest BCUT2D eigenvalue weighted by molar-refractivity contribution is 0.0808. The van der Waals surface area contributed by atoms with Crippen molar-refractivity contribution in [2.45, 2.75) is 51.9 Å². The van der Waals surface area contributed by atoms with Gasteiger partial charge in [0.05, 0.1) is 0 Å². The molecule has 2 aliphatic carbocycles. The Bertz CT molecular complexity index is 660. The SMILES string of the molecule is C#CCOc1ccc2c(c1)CC[C@@H]1[C@@H]2CC[C@](C)(/C=N/O)[C@H]1CC. The Labute approximate surface area is 145 Å². The van der Waals surface area contributed by atoms with E-state index >= 15 is 0 Å². The fourth-order valence-electron chi connectivity index (χ4n) is 5.18. The van der Waals surface area contributed by atoms with Crippen LogP contribution >= 0.6 is 0 Å². The smallest absolute Gasteiger partial charge is 0.148 e. The third-order valence-corrected chi connectivity index (χ3v) is 6.25. The molecule has 0 spiro atoms. The van der Waals surface area contributed by atoms with Crippen LogP contribution in [-0.4, -0.2) is 18.0 Å². The Morgan fingerprint density at radius 3 is 3.00 bits per heavy atom. The van der Waals surface area contributed by atoms with Crippen LogP contribution in [0.5, 0.6) is 5.75 Å². The fourth-order valence-corrected chi connectivity index (χ4v) is 5.18. The van der Waals surface area contributed by atoms with Crippen LogP contribution in [0.2, 0.25) is 0 Å². The number of rotatable bonds is 4. The molecule has 0 unspecified atom stereocenters. The summed E-state index contributed by atoms with van der Waals surface area (Å²) in [5.74, 6) is 5.24. The average Bonchev–Trinajstić information content (AvgIpc) is 2.59. The number of aryl methyl sites for hydroxylation is 1. The standard InChI is InChI=1S/C21H27NO2/c1-4-12-24-16-7-9-17-15(13-16)6-8-19-18(17)10-11-21(3,14-22-23)20(19)5-2/h1,7,9,13-14,18-20,23H,5-6,8,10-12H2,2-3H3/b22-14+/t18-,19-,20+,21-/m1/s1. The molecule has 24 heavy (non-hydrogen) atoms. The minimum Gasteiger partial charge on any atom is -0.481 e. The highest BCUT2D eigenvalue weighted by atomic mass is 16.5. The number of ether oxygens (including phenoxy) is 1. The number of benzene rings is 1. The second-order valence-corrected chi connectivity index (χ2v) is 7.47. The van der Waals surface area contributed by atoms with Gasteiger partial charge in [-0.1, -0.05) is 32.3 Å². The maximum atomic E-state index is 9.09. The summed E-state index contributed by atoms with van der Waals surface area (Å²) in [4.78, 5) is 0. The molecule has 0 radical (unpaired) electrons. The summed E-state index contributed by atoms with van der Waals surface area (Å²) < 4.78 is 5.58. The van der Waals surface area contributed by atoms with E-state index in [0.717, 1.165) is 31.4 Å². The third kappa shape index (κ3) is 2.90. The molecule has 0 heterocycles. The second-order valence-electron chi connectivity index (χ2n) is 7.47. The van der Waals surface area contributed by atoms with Crippen LogP contribution < -0.4 is 4.74 Å². The third-order valence-electron chi connectivity index (χ3n) is 6.25. The molecule has 1 aromatic rings. The number of terminal acetylenes is 1. The first kappa shape index (κ1) is 16.9. The summed E-state index contributed by atoms with van der Waals surface area (Å²) in [5, 5.41) is 12.5. The predicted octanol–water partition coefficient (Wildman–Crippen LogP) is 4.63. The summed E-state index contributed by atoms with van der Waals surface area (Å²) in [6, 6.07) is 6.48. The summed E-state index contributed by atoms with van der Waals surface area (Å²) in [5.41, 5.74) is 2.92. The lowest BCUT2D eigenvalue weighted by Gasteiger charge is -2.50. The van der Waals surface area contributed by atoms with E-state index in [2.05, 4.69) is 43.1 Å². The van der Waals surface area contributed by atoms with Gasteiger partial charge in [-0.05, 0) is 66.7 Å². The van der Waals surface area contributed by atoms with Crippen LogP contribution in [0.15, 0.2) is 23.4 Å². The molecule has 0 aromatic heterocycles. The largest absolute Gasteiger partial charge is 0.481 e. The van der Waals surface area contributed by atoms with Crippen molar-refractivity contribution in [1.29, 1.82) is 0 Å². The first-order valence-corrected chi connectivity index (χ1v) is 9.00. The van der Waals surface area contributed by atoms with Crippen molar-refractivity contribution in [3.8, 4) is 18.1 Å². The van der Waals surface area contributed by atoms with Gasteiger partial charge in [-0.15, -0.1) is 11.6 Å². The minimum atomic E-state index is 0.0119. The van der Waals surface area contributed by atoms with Crippen LogP contribution in [0.25, 0.3) is 0 Å². The molecule has 0 saturated heterocycles. The second kappa shape index (κ2) is 6.89. The molecule has 3 heteroatoms. The highest BCUT2D eigenvalue weighted by molar-refractivity contribution is 5.65. The first-order chi connectivity index (χ1) is 11.6. The number of nitrogens with zero attached hydrogens (tertiary/aromatic N) is 1. The lowest BCUT2D eigenvalue weighted by atomic mass is 9.54. The number of oxime groups is 1. The summed E-state index contributed by atoms with van der Waals surface area (Å²) in [6.07, 6.45) is 12.7. The number of fused-ring (bicyclic) bond motifs is 3. The van der Waals surface area contributed by atoms with Gasteiger partial charge in [0.1, 0.15) is 12.4 Å². The van der Waals surface area contributed by atoms with Gasteiger partial charge in [-0.2, -0.15) is 0 Å². The summed E-state index contributed by atoms with van der Waals surface area (Å²) in [7, 11) is 0. The molecule has 1 N–H and O–H groups in total. The molecule has 3 rings (SSSR count). The zero-order valence-corrected chi connectivity index (χ0v) is 14.7. The van der Waals surface area contributed by atoms with E-state index in [1.54, 1.807) is 6.21 Å². The van der Waals surface area contributed by atoms with Gasteiger partial charge in [-0.25, -0.2) is 0 Å². The van der Waals surface area contributed by atoms with E-state index in [0.29, 0.717) is 24.4 Å². The van der Waals surface area contributed by atoms with Gasteiger partial charge in [0.25, 0.3) is 0 Å². The molecule has 4 atom stereocenters. The normalized spacial score (nSPS) is 32.0. The van der Waals surface area contributed by atoms with Crippen molar-refractivity contribution in [2.24, 2.45) is 22.4 Å². The zero-order chi connectivity index (χ0) is 17.2. The fraction of sp³-hybridized carbons (Fsp3) is 0.571. The van der Waals surface area contributed by atoms with Gasteiger partial charge in [0.2, 0.25) is 0 Å². The molecule has 2 aliphatic rings. The van der Waals surface area contributed by atoms with Crippen molar-refractivity contribution in [2.75, 3.05) is 6.61 Å². The first-order valence-electron chi connectivity index (χ1n) is 9.00. The average molecular weight is 325 g/mol. The van der Waals surface area contributed by atoms with Crippen molar-refractivity contribution in [1.82, 2.24) is 0 Å². The molecule has 0 aliphatic heterocycles. The van der Waals surface area contributed by atoms with Gasteiger partial charge in [0, 0.05) is 11.6 Å². The predicted molar refractivity (Wildman–Crippen MR) is 96.7 cm³/mol. The maximum absolute atomic E-state index is 9.09. The lowest BCUT2D eigenvalue weighted by Crippen LogP contribution is -2.43. The van der Waals surface area contributed by atoms with Gasteiger partial charge in [-0.3, -0.25) is 0 Å². The number of hydrogen-bond acceptors (Lipinski definition) is 3. The molecular weight excluding hydrogens is 298 g/mol. The van der Waals surface area contributed by atoms with Gasteiger partial charge in [0.15, 0.2) is 0 Å². The van der Waals surface area contributed by atoms with E-state index in [1.807, 2.05) is 0 Å².